The van der Waals surface area contributed by atoms with Gasteiger partial charge in [0.05, 0.1) is 22.5 Å². The van der Waals surface area contributed by atoms with Crippen LogP contribution in [-0.4, -0.2) is 27.2 Å². The molecule has 0 radical (unpaired) electrons. The van der Waals surface area contributed by atoms with Gasteiger partial charge in [0.25, 0.3) is 0 Å². The third-order valence-electron chi connectivity index (χ3n) is 4.21. The SMILES string of the molecule is CCC(=O)N(CCn1nc(C)cc1C)c1nc2c(C)c(Cl)ccc2s1. The number of anilines is 1. The summed E-state index contributed by atoms with van der Waals surface area (Å²) in [5, 5.41) is 5.88. The smallest absolute Gasteiger partial charge is 0.228 e. The lowest BCUT2D eigenvalue weighted by Gasteiger charge is -2.19. The van der Waals surface area contributed by atoms with Crippen molar-refractivity contribution in [2.75, 3.05) is 11.4 Å². The normalized spacial score (nSPS) is 11.2. The van der Waals surface area contributed by atoms with Crippen molar-refractivity contribution in [2.24, 2.45) is 0 Å². The maximum absolute atomic E-state index is 12.5. The van der Waals surface area contributed by atoms with Gasteiger partial charge in [-0.1, -0.05) is 29.9 Å². The number of fused-ring (bicyclic) bond motifs is 1. The van der Waals surface area contributed by atoms with E-state index in [0.717, 1.165) is 27.2 Å². The van der Waals surface area contributed by atoms with Gasteiger partial charge in [0.2, 0.25) is 5.91 Å². The molecule has 0 N–H and O–H groups in total. The molecule has 132 valence electrons. The van der Waals surface area contributed by atoms with Crippen molar-refractivity contribution in [3.05, 3.63) is 40.2 Å². The van der Waals surface area contributed by atoms with Gasteiger partial charge in [-0.3, -0.25) is 14.4 Å². The van der Waals surface area contributed by atoms with Crippen LogP contribution in [0.25, 0.3) is 10.2 Å². The zero-order valence-electron chi connectivity index (χ0n) is 14.8. The molecule has 0 fully saturated rings. The van der Waals surface area contributed by atoms with Crippen molar-refractivity contribution in [3.63, 3.8) is 0 Å². The van der Waals surface area contributed by atoms with Gasteiger partial charge in [-0.15, -0.1) is 0 Å². The number of benzene rings is 1. The van der Waals surface area contributed by atoms with Gasteiger partial charge in [-0.05, 0) is 44.5 Å². The lowest BCUT2D eigenvalue weighted by molar-refractivity contribution is -0.118. The molecule has 0 unspecified atom stereocenters. The predicted molar refractivity (Wildman–Crippen MR) is 104 cm³/mol. The molecule has 0 saturated carbocycles. The minimum absolute atomic E-state index is 0.0596. The Hall–Kier alpha value is -1.92. The molecule has 2 heterocycles. The monoisotopic (exact) mass is 376 g/mol. The number of amides is 1. The van der Waals surface area contributed by atoms with E-state index in [4.69, 9.17) is 16.6 Å². The molecule has 5 nitrogen and oxygen atoms in total. The Labute approximate surface area is 156 Å². The van der Waals surface area contributed by atoms with Crippen LogP contribution in [0, 0.1) is 20.8 Å². The summed E-state index contributed by atoms with van der Waals surface area (Å²) in [5.41, 5.74) is 3.89. The van der Waals surface area contributed by atoms with E-state index in [0.29, 0.717) is 29.7 Å². The minimum Gasteiger partial charge on any atom is -0.286 e. The van der Waals surface area contributed by atoms with Crippen LogP contribution in [0.5, 0.6) is 0 Å². The number of hydrogen-bond acceptors (Lipinski definition) is 4. The molecule has 0 saturated heterocycles. The highest BCUT2D eigenvalue weighted by molar-refractivity contribution is 7.22. The second kappa shape index (κ2) is 7.14. The zero-order chi connectivity index (χ0) is 18.1. The van der Waals surface area contributed by atoms with E-state index >= 15 is 0 Å². The summed E-state index contributed by atoms with van der Waals surface area (Å²) in [6.07, 6.45) is 0.437. The summed E-state index contributed by atoms with van der Waals surface area (Å²) < 4.78 is 2.97. The lowest BCUT2D eigenvalue weighted by atomic mass is 10.2. The fraction of sp³-hybridized carbons (Fsp3) is 0.389. The van der Waals surface area contributed by atoms with Crippen LogP contribution in [0.2, 0.25) is 5.02 Å². The maximum atomic E-state index is 12.5. The number of thiazole rings is 1. The van der Waals surface area contributed by atoms with Crippen LogP contribution in [0.15, 0.2) is 18.2 Å². The first kappa shape index (κ1) is 17.9. The van der Waals surface area contributed by atoms with Crippen LogP contribution in [0.1, 0.15) is 30.3 Å². The minimum atomic E-state index is 0.0596. The largest absolute Gasteiger partial charge is 0.286 e. The van der Waals surface area contributed by atoms with Gasteiger partial charge >= 0.3 is 0 Å². The first-order chi connectivity index (χ1) is 11.9. The van der Waals surface area contributed by atoms with Crippen molar-refractivity contribution >= 4 is 44.2 Å². The molecule has 25 heavy (non-hydrogen) atoms. The van der Waals surface area contributed by atoms with Gasteiger partial charge in [-0.25, -0.2) is 4.98 Å². The maximum Gasteiger partial charge on any atom is 0.228 e. The number of hydrogen-bond donors (Lipinski definition) is 0. The Morgan fingerprint density at radius 2 is 2.08 bits per heavy atom. The molecule has 1 aromatic carbocycles. The molecule has 0 aliphatic heterocycles. The fourth-order valence-electron chi connectivity index (χ4n) is 2.82. The Bertz CT molecular complexity index is 931. The molecule has 0 aliphatic carbocycles. The number of rotatable bonds is 5. The second-order valence-corrected chi connectivity index (χ2v) is 7.48. The van der Waals surface area contributed by atoms with E-state index in [1.165, 1.54) is 11.3 Å². The number of carbonyl (C=O) groups excluding carboxylic acids is 1. The molecule has 0 spiro atoms. The van der Waals surface area contributed by atoms with Crippen LogP contribution in [-0.2, 0) is 11.3 Å². The van der Waals surface area contributed by atoms with Crippen LogP contribution >= 0.6 is 22.9 Å². The highest BCUT2D eigenvalue weighted by atomic mass is 35.5. The predicted octanol–water partition coefficient (Wildman–Crippen LogP) is 4.51. The van der Waals surface area contributed by atoms with Crippen LogP contribution in [0.3, 0.4) is 0 Å². The van der Waals surface area contributed by atoms with Gasteiger partial charge in [0.15, 0.2) is 5.13 Å². The Balaban J connectivity index is 1.92. The highest BCUT2D eigenvalue weighted by Gasteiger charge is 2.20. The molecular formula is C18H21ClN4OS. The number of halogens is 1. The van der Waals surface area contributed by atoms with E-state index in [1.54, 1.807) is 4.90 Å². The first-order valence-electron chi connectivity index (χ1n) is 8.27. The van der Waals surface area contributed by atoms with Gasteiger partial charge < -0.3 is 0 Å². The second-order valence-electron chi connectivity index (χ2n) is 6.06. The van der Waals surface area contributed by atoms with Gasteiger partial charge in [0.1, 0.15) is 0 Å². The summed E-state index contributed by atoms with van der Waals surface area (Å²) >= 11 is 7.72. The summed E-state index contributed by atoms with van der Waals surface area (Å²) in [4.78, 5) is 18.9. The average Bonchev–Trinajstić information content (AvgIpc) is 3.14. The molecule has 0 bridgehead atoms. The Kier molecular flexibility index (Phi) is 5.11. The topological polar surface area (TPSA) is 51.0 Å². The molecule has 3 aromatic rings. The van der Waals surface area contributed by atoms with Crippen LogP contribution in [0.4, 0.5) is 5.13 Å². The van der Waals surface area contributed by atoms with E-state index in [-0.39, 0.29) is 5.91 Å². The molecule has 0 aliphatic rings. The van der Waals surface area contributed by atoms with E-state index in [9.17, 15) is 4.79 Å². The van der Waals surface area contributed by atoms with Crippen molar-refractivity contribution < 1.29 is 4.79 Å². The quantitative estimate of drug-likeness (QED) is 0.658. The van der Waals surface area contributed by atoms with Crippen molar-refractivity contribution in [3.8, 4) is 0 Å². The standard InChI is InChI=1S/C18H21ClN4OS/c1-5-16(24)22(8-9-23-12(3)10-11(2)21-23)18-20-17-13(4)14(19)6-7-15(17)25-18/h6-7,10H,5,8-9H2,1-4H3. The average molecular weight is 377 g/mol. The third-order valence-corrected chi connectivity index (χ3v) is 5.66. The summed E-state index contributed by atoms with van der Waals surface area (Å²) in [6, 6.07) is 5.87. The van der Waals surface area contributed by atoms with Gasteiger partial charge in [0, 0.05) is 23.7 Å². The van der Waals surface area contributed by atoms with Crippen molar-refractivity contribution in [2.45, 2.75) is 40.7 Å². The van der Waals surface area contributed by atoms with E-state index in [1.807, 2.05) is 50.6 Å². The first-order valence-corrected chi connectivity index (χ1v) is 9.47. The number of aromatic nitrogens is 3. The van der Waals surface area contributed by atoms with E-state index in [2.05, 4.69) is 5.10 Å². The Morgan fingerprint density at radius 3 is 2.72 bits per heavy atom. The molecular weight excluding hydrogens is 356 g/mol. The fourth-order valence-corrected chi connectivity index (χ4v) is 4.04. The molecule has 0 atom stereocenters. The summed E-state index contributed by atoms with van der Waals surface area (Å²) in [7, 11) is 0. The number of aryl methyl sites for hydroxylation is 3. The molecule has 7 heteroatoms. The molecule has 3 rings (SSSR count). The summed E-state index contributed by atoms with van der Waals surface area (Å²) in [5.74, 6) is 0.0596. The number of nitrogens with zero attached hydrogens (tertiary/aromatic N) is 4. The lowest BCUT2D eigenvalue weighted by Crippen LogP contribution is -2.33. The number of carbonyl (C=O) groups is 1. The third kappa shape index (κ3) is 3.55. The zero-order valence-corrected chi connectivity index (χ0v) is 16.4. The van der Waals surface area contributed by atoms with Crippen molar-refractivity contribution in [1.29, 1.82) is 0 Å². The molecule has 2 aromatic heterocycles. The molecule has 1 amide bonds. The van der Waals surface area contributed by atoms with Gasteiger partial charge in [-0.2, -0.15) is 5.10 Å². The van der Waals surface area contributed by atoms with Crippen LogP contribution < -0.4 is 4.90 Å². The summed E-state index contributed by atoms with van der Waals surface area (Å²) in [6.45, 7) is 9.00. The van der Waals surface area contributed by atoms with E-state index < -0.39 is 0 Å². The Morgan fingerprint density at radius 1 is 1.32 bits per heavy atom. The highest BCUT2D eigenvalue weighted by Crippen LogP contribution is 2.33. The van der Waals surface area contributed by atoms with Crippen molar-refractivity contribution in [1.82, 2.24) is 14.8 Å².